The van der Waals surface area contributed by atoms with Crippen molar-refractivity contribution in [2.45, 2.75) is 84.5 Å². The van der Waals surface area contributed by atoms with E-state index in [1.165, 1.54) is 75.2 Å². The fourth-order valence-corrected chi connectivity index (χ4v) is 13.4. The van der Waals surface area contributed by atoms with Crippen LogP contribution < -0.4 is 54.3 Å². The van der Waals surface area contributed by atoms with Gasteiger partial charge >= 0.3 is 0 Å². The third kappa shape index (κ3) is 12.7. The molecule has 5 aromatic carbocycles. The number of anilines is 4. The van der Waals surface area contributed by atoms with E-state index in [9.17, 15) is 0 Å². The fraction of sp³-hybridized carbons (Fsp3) is 0.529. The molecule has 13 rings (SSSR count). The summed E-state index contributed by atoms with van der Waals surface area (Å²) in [6.45, 7) is 18.2. The van der Waals surface area contributed by atoms with E-state index in [0.717, 1.165) is 134 Å². The van der Waals surface area contributed by atoms with Crippen LogP contribution in [0.3, 0.4) is 0 Å². The monoisotopic (exact) mass is 1120 g/mol. The molecule has 0 amide bonds. The van der Waals surface area contributed by atoms with Gasteiger partial charge in [-0.05, 0) is 179 Å². The molecule has 1 saturated heterocycles. The standard InChI is InChI=1S/C68H87N5O9/c1-48-15-18-58-61(43-48)79-35-29-72(30-36-80-62-44-49(2)16-19-59(62)71-27-33-77-40-38-75-31-25-70(58)26-32-76-39-41-78-34-28-71)60-20-17-52(47-63(60)81-42-37-74-3)65-56-45-51-11-5-21-69-22-6-13-54(64(51)50-9-4-10-50)67(56)82-68-55-14-8-24-73-23-7-12-53(66(55)73)46-57(65)68/h15-20,43-47,69H,4-14,21-42H2,1-3H3. The van der Waals surface area contributed by atoms with Gasteiger partial charge in [-0.25, -0.2) is 0 Å². The Bertz CT molecular complexity index is 3060. The first-order valence-corrected chi connectivity index (χ1v) is 31.0. The van der Waals surface area contributed by atoms with Crippen molar-refractivity contribution in [3.8, 4) is 28.7 Å². The molecule has 0 unspecified atom stereocenters. The molecular weight excluding hydrogens is 1030 g/mol. The minimum absolute atomic E-state index is 0.392. The van der Waals surface area contributed by atoms with Gasteiger partial charge in [0.05, 0.1) is 89.6 Å². The second kappa shape index (κ2) is 27.1. The third-order valence-corrected chi connectivity index (χ3v) is 17.6. The molecule has 2 fully saturated rings. The van der Waals surface area contributed by atoms with E-state index in [1.807, 2.05) is 0 Å². The summed E-state index contributed by atoms with van der Waals surface area (Å²) in [5.41, 5.74) is 17.6. The van der Waals surface area contributed by atoms with E-state index in [0.29, 0.717) is 119 Å². The van der Waals surface area contributed by atoms with E-state index in [1.54, 1.807) is 12.7 Å². The average Bonchev–Trinajstić information content (AvgIpc) is 1.87. The summed E-state index contributed by atoms with van der Waals surface area (Å²) in [4.78, 5) is 9.67. The van der Waals surface area contributed by atoms with Crippen molar-refractivity contribution in [1.29, 1.82) is 0 Å². The Balaban J connectivity index is 0.989. The van der Waals surface area contributed by atoms with Crippen LogP contribution in [0.1, 0.15) is 89.5 Å². The molecule has 7 aliphatic heterocycles. The highest BCUT2D eigenvalue weighted by Gasteiger charge is 2.35. The highest BCUT2D eigenvalue weighted by molar-refractivity contribution is 5.90. The van der Waals surface area contributed by atoms with Crippen LogP contribution >= 0.6 is 0 Å². The number of hydrogen-bond donors (Lipinski definition) is 1. The van der Waals surface area contributed by atoms with E-state index >= 15 is 0 Å². The maximum absolute atomic E-state index is 7.62. The van der Waals surface area contributed by atoms with E-state index < -0.39 is 0 Å². The summed E-state index contributed by atoms with van der Waals surface area (Å²) < 4.78 is 59.1. The van der Waals surface area contributed by atoms with Crippen molar-refractivity contribution in [3.05, 3.63) is 122 Å². The quantitative estimate of drug-likeness (QED) is 0.127. The zero-order valence-corrected chi connectivity index (χ0v) is 49.1. The lowest BCUT2D eigenvalue weighted by atomic mass is 9.81. The highest BCUT2D eigenvalue weighted by atomic mass is 16.5. The lowest BCUT2D eigenvalue weighted by Gasteiger charge is -2.39. The van der Waals surface area contributed by atoms with Gasteiger partial charge in [0.2, 0.25) is 0 Å². The van der Waals surface area contributed by atoms with Crippen LogP contribution in [0.5, 0.6) is 28.7 Å². The number of rotatable bonds is 6. The van der Waals surface area contributed by atoms with E-state index in [4.69, 9.17) is 42.6 Å². The molecule has 4 bridgehead atoms. The van der Waals surface area contributed by atoms with Crippen LogP contribution in [-0.4, -0.2) is 152 Å². The van der Waals surface area contributed by atoms with Gasteiger partial charge in [0.15, 0.2) is 0 Å². The lowest BCUT2D eigenvalue weighted by Crippen LogP contribution is -2.36. The molecule has 0 spiro atoms. The molecule has 0 radical (unpaired) electrons. The minimum Gasteiger partial charge on any atom is -0.490 e. The van der Waals surface area contributed by atoms with Gasteiger partial charge in [-0.15, -0.1) is 0 Å². The molecule has 438 valence electrons. The van der Waals surface area contributed by atoms with Crippen LogP contribution in [0, 0.1) is 13.8 Å². The number of ether oxygens (including phenoxy) is 9. The highest BCUT2D eigenvalue weighted by Crippen LogP contribution is 2.49. The van der Waals surface area contributed by atoms with Gasteiger partial charge in [-0.1, -0.05) is 23.8 Å². The van der Waals surface area contributed by atoms with Crippen molar-refractivity contribution in [3.63, 3.8) is 0 Å². The Morgan fingerprint density at radius 1 is 0.488 bits per heavy atom. The number of aryl methyl sites for hydroxylation is 4. The van der Waals surface area contributed by atoms with Gasteiger partial charge in [0.1, 0.15) is 48.6 Å². The summed E-state index contributed by atoms with van der Waals surface area (Å²) in [7, 11) is 1.74. The van der Waals surface area contributed by atoms with Crippen LogP contribution in [0.25, 0.3) is 11.1 Å². The maximum atomic E-state index is 7.62. The van der Waals surface area contributed by atoms with Gasteiger partial charge in [-0.3, -0.25) is 0 Å². The van der Waals surface area contributed by atoms with Crippen LogP contribution in [-0.2, 0) is 49.4 Å². The predicted octanol–water partition coefficient (Wildman–Crippen LogP) is 8.85. The fourth-order valence-electron chi connectivity index (χ4n) is 13.4. The SMILES string of the molecule is COCCOc1cc(C2=c3cc4c(=C5CCC5)c(c3Oc3c2cc2c5c3CCCN5CCC2)CCCNCCC4)ccc1N1CCOc2cc(C)ccc2N2CCOCCOCCN(CCOCCOCC2)c2ccc(C)cc2OCC1. The van der Waals surface area contributed by atoms with Crippen molar-refractivity contribution >= 4 is 33.9 Å². The molecule has 82 heavy (non-hydrogen) atoms. The first-order valence-electron chi connectivity index (χ1n) is 31.0. The lowest BCUT2D eigenvalue weighted by molar-refractivity contribution is 0.0435. The van der Waals surface area contributed by atoms with E-state index in [-0.39, 0.29) is 0 Å². The number of nitrogens with zero attached hydrogens (tertiary/aromatic N) is 4. The summed E-state index contributed by atoms with van der Waals surface area (Å²) >= 11 is 0. The Labute approximate surface area is 486 Å². The molecule has 14 nitrogen and oxygen atoms in total. The molecule has 1 saturated carbocycles. The molecule has 5 aromatic rings. The van der Waals surface area contributed by atoms with Gasteiger partial charge in [0, 0.05) is 79.5 Å². The molecule has 1 N–H and O–H groups in total. The Morgan fingerprint density at radius 2 is 1.06 bits per heavy atom. The topological polar surface area (TPSA) is 108 Å². The molecule has 0 atom stereocenters. The first kappa shape index (κ1) is 56.5. The summed E-state index contributed by atoms with van der Waals surface area (Å²) in [6.07, 6.45) is 12.2. The molecule has 8 aliphatic rings. The van der Waals surface area contributed by atoms with E-state index in [2.05, 4.69) is 105 Å². The third-order valence-electron chi connectivity index (χ3n) is 17.6. The second-order valence-electron chi connectivity index (χ2n) is 23.2. The zero-order valence-electron chi connectivity index (χ0n) is 49.1. The second-order valence-corrected chi connectivity index (χ2v) is 23.2. The normalized spacial score (nSPS) is 19.6. The number of hydrogen-bond acceptors (Lipinski definition) is 14. The Kier molecular flexibility index (Phi) is 18.7. The molecular formula is C68H87N5O9. The van der Waals surface area contributed by atoms with Gasteiger partial charge in [-0.2, -0.15) is 0 Å². The molecule has 14 heteroatoms. The van der Waals surface area contributed by atoms with Crippen LogP contribution in [0.4, 0.5) is 22.7 Å². The van der Waals surface area contributed by atoms with Crippen molar-refractivity contribution in [2.75, 3.05) is 171 Å². The summed E-state index contributed by atoms with van der Waals surface area (Å²) in [5, 5.41) is 6.47. The van der Waals surface area contributed by atoms with Gasteiger partial charge in [0.25, 0.3) is 0 Å². The van der Waals surface area contributed by atoms with Gasteiger partial charge < -0.3 is 67.5 Å². The smallest absolute Gasteiger partial charge is 0.143 e. The van der Waals surface area contributed by atoms with Crippen molar-refractivity contribution in [2.24, 2.45) is 0 Å². The average molecular weight is 1120 g/mol. The number of benzene rings is 5. The molecule has 7 heterocycles. The molecule has 1 aliphatic carbocycles. The number of methoxy groups -OCH3 is 1. The zero-order chi connectivity index (χ0) is 55.6. The number of nitrogens with one attached hydrogen (secondary N) is 1. The summed E-state index contributed by atoms with van der Waals surface area (Å²) in [6, 6.07) is 25.0. The Hall–Kier alpha value is -6.00. The largest absolute Gasteiger partial charge is 0.490 e. The first-order chi connectivity index (χ1) is 40.5. The number of fused-ring (bicyclic) bond motifs is 26. The van der Waals surface area contributed by atoms with Crippen LogP contribution in [0.2, 0.25) is 0 Å². The molecule has 0 aromatic heterocycles. The maximum Gasteiger partial charge on any atom is 0.143 e. The Morgan fingerprint density at radius 3 is 1.68 bits per heavy atom. The summed E-state index contributed by atoms with van der Waals surface area (Å²) in [5.74, 6) is 4.57. The van der Waals surface area contributed by atoms with Crippen molar-refractivity contribution in [1.82, 2.24) is 5.32 Å². The van der Waals surface area contributed by atoms with Crippen LogP contribution in [0.15, 0.2) is 66.7 Å². The minimum atomic E-state index is 0.392. The predicted molar refractivity (Wildman–Crippen MR) is 327 cm³/mol. The van der Waals surface area contributed by atoms with Crippen molar-refractivity contribution < 1.29 is 42.6 Å².